The molecule has 0 aromatic heterocycles. The molecule has 0 radical (unpaired) electrons. The van der Waals surface area contributed by atoms with Crippen LogP contribution in [0.15, 0.2) is 0 Å². The van der Waals surface area contributed by atoms with E-state index in [-0.39, 0.29) is 23.1 Å². The topological polar surface area (TPSA) is 23.8 Å². The SMILES string of the molecule is N#C[S-].[Mg+2]. The predicted octanol–water partition coefficient (Wildman–Crippen LogP) is -0.366. The van der Waals surface area contributed by atoms with E-state index in [0.717, 1.165) is 0 Å². The Hall–Kier alpha value is 0.476. The van der Waals surface area contributed by atoms with Crippen LogP contribution in [-0.2, 0) is 12.6 Å². The third-order valence-corrected chi connectivity index (χ3v) is 0. The molecule has 0 saturated carbocycles. The quantitative estimate of drug-likeness (QED) is 0.226. The van der Waals surface area contributed by atoms with Crippen LogP contribution in [0, 0.1) is 10.7 Å². The molecule has 0 amide bonds. The van der Waals surface area contributed by atoms with Crippen molar-refractivity contribution in [3.8, 4) is 5.40 Å². The van der Waals surface area contributed by atoms with Crippen LogP contribution in [0.25, 0.3) is 0 Å². The van der Waals surface area contributed by atoms with E-state index in [9.17, 15) is 0 Å². The normalized spacial score (nSPS) is 1.75. The molecular formula is CMgNS+. The Morgan fingerprint density at radius 2 is 1.75 bits per heavy atom. The van der Waals surface area contributed by atoms with Crippen molar-refractivity contribution in [2.75, 3.05) is 0 Å². The van der Waals surface area contributed by atoms with Crippen LogP contribution < -0.4 is 0 Å². The van der Waals surface area contributed by atoms with E-state index >= 15 is 0 Å². The summed E-state index contributed by atoms with van der Waals surface area (Å²) in [6, 6.07) is 0. The number of rotatable bonds is 0. The van der Waals surface area contributed by atoms with E-state index in [1.807, 2.05) is 0 Å². The van der Waals surface area contributed by atoms with Gasteiger partial charge in [-0.2, -0.15) is 0 Å². The van der Waals surface area contributed by atoms with Gasteiger partial charge < -0.3 is 12.6 Å². The molecule has 0 aliphatic rings. The monoisotopic (exact) mass is 82.0 g/mol. The van der Waals surface area contributed by atoms with Crippen LogP contribution in [0.3, 0.4) is 0 Å². The second-order valence-electron chi connectivity index (χ2n) is 0.0913. The summed E-state index contributed by atoms with van der Waals surface area (Å²) >= 11 is 3.70. The van der Waals surface area contributed by atoms with Crippen molar-refractivity contribution in [3.05, 3.63) is 0 Å². The summed E-state index contributed by atoms with van der Waals surface area (Å²) in [6.07, 6.45) is 0. The molecule has 0 aliphatic heterocycles. The molecule has 0 bridgehead atoms. The average Bonchev–Trinajstić information content (AvgIpc) is 0.918. The van der Waals surface area contributed by atoms with Crippen molar-refractivity contribution in [1.82, 2.24) is 0 Å². The Balaban J connectivity index is 0. The minimum atomic E-state index is 0. The van der Waals surface area contributed by atoms with Crippen molar-refractivity contribution in [2.24, 2.45) is 0 Å². The molecule has 0 spiro atoms. The standard InChI is InChI=1S/CHNS.Mg/c2-1-3;/h3H;/q;+2/p-1. The van der Waals surface area contributed by atoms with Crippen molar-refractivity contribution >= 4 is 35.7 Å². The van der Waals surface area contributed by atoms with Crippen LogP contribution in [0.1, 0.15) is 0 Å². The maximum absolute atomic E-state index is 7.13. The fraction of sp³-hybridized carbons (Fsp3) is 0. The molecule has 4 heavy (non-hydrogen) atoms. The number of nitrogens with zero attached hydrogens (tertiary/aromatic N) is 1. The van der Waals surface area contributed by atoms with E-state index in [1.165, 1.54) is 5.40 Å². The van der Waals surface area contributed by atoms with Crippen molar-refractivity contribution in [1.29, 1.82) is 5.26 Å². The van der Waals surface area contributed by atoms with Gasteiger partial charge in [-0.25, -0.2) is 5.26 Å². The third kappa shape index (κ3) is 23.8. The summed E-state index contributed by atoms with van der Waals surface area (Å²) in [5.74, 6) is 0. The van der Waals surface area contributed by atoms with Gasteiger partial charge in [-0.1, -0.05) is 5.40 Å². The summed E-state index contributed by atoms with van der Waals surface area (Å²) < 4.78 is 0. The first kappa shape index (κ1) is 8.82. The molecule has 0 atom stereocenters. The number of thiocyanates is 1. The van der Waals surface area contributed by atoms with Gasteiger partial charge in [0, 0.05) is 0 Å². The number of nitriles is 1. The summed E-state index contributed by atoms with van der Waals surface area (Å²) in [4.78, 5) is 0. The minimum absolute atomic E-state index is 0. The molecule has 0 heterocycles. The van der Waals surface area contributed by atoms with Crippen molar-refractivity contribution < 1.29 is 0 Å². The zero-order chi connectivity index (χ0) is 2.71. The van der Waals surface area contributed by atoms with Crippen LogP contribution in [0.2, 0.25) is 0 Å². The van der Waals surface area contributed by atoms with Gasteiger partial charge in [0.15, 0.2) is 0 Å². The summed E-state index contributed by atoms with van der Waals surface area (Å²) in [5, 5.41) is 8.47. The van der Waals surface area contributed by atoms with Crippen LogP contribution in [0.4, 0.5) is 0 Å². The average molecular weight is 82.4 g/mol. The maximum atomic E-state index is 7.13. The minimum Gasteiger partial charge on any atom is -0.696 e. The van der Waals surface area contributed by atoms with Crippen LogP contribution >= 0.6 is 0 Å². The Morgan fingerprint density at radius 3 is 1.75 bits per heavy atom. The molecule has 0 aromatic carbocycles. The smallest absolute Gasteiger partial charge is 0.696 e. The Bertz CT molecular complexity index is 29.5. The van der Waals surface area contributed by atoms with Crippen molar-refractivity contribution in [3.63, 3.8) is 0 Å². The fourth-order valence-corrected chi connectivity index (χ4v) is 0. The van der Waals surface area contributed by atoms with E-state index in [0.29, 0.717) is 0 Å². The molecule has 0 saturated heterocycles. The van der Waals surface area contributed by atoms with Gasteiger partial charge in [-0.05, 0) is 0 Å². The van der Waals surface area contributed by atoms with E-state index < -0.39 is 0 Å². The first-order chi connectivity index (χ1) is 1.41. The van der Waals surface area contributed by atoms with Crippen molar-refractivity contribution in [2.45, 2.75) is 0 Å². The summed E-state index contributed by atoms with van der Waals surface area (Å²) in [5.41, 5.74) is 0. The van der Waals surface area contributed by atoms with Gasteiger partial charge in [0.2, 0.25) is 0 Å². The maximum Gasteiger partial charge on any atom is 2.00 e. The van der Waals surface area contributed by atoms with E-state index in [2.05, 4.69) is 12.6 Å². The molecule has 0 fully saturated rings. The molecule has 1 nitrogen and oxygen atoms in total. The first-order valence-corrected chi connectivity index (χ1v) is 0.836. The largest absolute Gasteiger partial charge is 2.00 e. The van der Waals surface area contributed by atoms with Gasteiger partial charge in [-0.3, -0.25) is 0 Å². The summed E-state index contributed by atoms with van der Waals surface area (Å²) in [6.45, 7) is 0. The number of hydrogen-bond acceptors (Lipinski definition) is 2. The Kier molecular flexibility index (Phi) is 21.6. The second-order valence-corrected chi connectivity index (χ2v) is 0.274. The zero-order valence-corrected chi connectivity index (χ0v) is 4.29. The van der Waals surface area contributed by atoms with Gasteiger partial charge in [0.1, 0.15) is 0 Å². The molecule has 3 heteroatoms. The summed E-state index contributed by atoms with van der Waals surface area (Å²) in [7, 11) is 0. The molecule has 0 aliphatic carbocycles. The molecule has 16 valence electrons. The van der Waals surface area contributed by atoms with Gasteiger partial charge in [0.05, 0.1) is 0 Å². The van der Waals surface area contributed by atoms with Gasteiger partial charge in [-0.15, -0.1) is 0 Å². The molecule has 0 N–H and O–H groups in total. The van der Waals surface area contributed by atoms with Gasteiger partial charge in [0.25, 0.3) is 0 Å². The van der Waals surface area contributed by atoms with Gasteiger partial charge >= 0.3 is 23.1 Å². The van der Waals surface area contributed by atoms with Crippen LogP contribution in [0.5, 0.6) is 0 Å². The fourth-order valence-electron chi connectivity index (χ4n) is 0. The first-order valence-electron chi connectivity index (χ1n) is 0.428. The number of hydrogen-bond donors (Lipinski definition) is 0. The molecule has 0 rings (SSSR count). The predicted molar refractivity (Wildman–Crippen MR) is 18.7 cm³/mol. The second kappa shape index (κ2) is 9.78. The Labute approximate surface area is 46.6 Å². The molecule has 0 aromatic rings. The van der Waals surface area contributed by atoms with Crippen LogP contribution in [-0.4, -0.2) is 23.1 Å². The van der Waals surface area contributed by atoms with E-state index in [4.69, 9.17) is 5.26 Å². The van der Waals surface area contributed by atoms with E-state index in [1.54, 1.807) is 0 Å². The molecule has 0 unspecified atom stereocenters. The zero-order valence-electron chi connectivity index (χ0n) is 2.06. The third-order valence-electron chi connectivity index (χ3n) is 0. The Morgan fingerprint density at radius 1 is 1.75 bits per heavy atom. The molecular weight excluding hydrogens is 82.4 g/mol.